The monoisotopic (exact) mass is 314 g/mol. The number of nitrogens with zero attached hydrogens (tertiary/aromatic N) is 2. The number of hydrogen-bond acceptors (Lipinski definition) is 4. The van der Waals surface area contributed by atoms with Crippen LogP contribution in [0.15, 0.2) is 36.4 Å². The van der Waals surface area contributed by atoms with Crippen molar-refractivity contribution in [3.63, 3.8) is 0 Å². The minimum atomic E-state index is -0.464. The fourth-order valence-corrected chi connectivity index (χ4v) is 2.66. The Morgan fingerprint density at radius 3 is 3.00 bits per heavy atom. The van der Waals surface area contributed by atoms with Gasteiger partial charge in [0.15, 0.2) is 5.82 Å². The van der Waals surface area contributed by atoms with E-state index in [-0.39, 0.29) is 5.91 Å². The fourth-order valence-electron chi connectivity index (χ4n) is 2.66. The van der Waals surface area contributed by atoms with Gasteiger partial charge >= 0.3 is 0 Å². The Hall–Kier alpha value is -2.18. The van der Waals surface area contributed by atoms with Crippen molar-refractivity contribution in [2.45, 2.75) is 26.0 Å². The Bertz CT molecular complexity index is 641. The number of rotatable bonds is 5. The highest BCUT2D eigenvalue weighted by Gasteiger charge is 2.27. The first-order chi connectivity index (χ1) is 11.2. The van der Waals surface area contributed by atoms with Crippen molar-refractivity contribution in [2.24, 2.45) is 0 Å². The van der Waals surface area contributed by atoms with Crippen LogP contribution in [0.25, 0.3) is 0 Å². The van der Waals surface area contributed by atoms with Crippen molar-refractivity contribution in [1.82, 2.24) is 15.1 Å². The van der Waals surface area contributed by atoms with Crippen LogP contribution >= 0.6 is 0 Å². The molecule has 6 heteroatoms. The first-order valence-corrected chi connectivity index (χ1v) is 7.97. The highest BCUT2D eigenvalue weighted by molar-refractivity contribution is 5.93. The summed E-state index contributed by atoms with van der Waals surface area (Å²) in [5, 5.41) is 9.79. The third kappa shape index (κ3) is 4.18. The van der Waals surface area contributed by atoms with Crippen molar-refractivity contribution in [2.75, 3.05) is 25.0 Å². The molecule has 1 fully saturated rings. The summed E-state index contributed by atoms with van der Waals surface area (Å²) in [6, 6.07) is 12.1. The van der Waals surface area contributed by atoms with Gasteiger partial charge in [0.05, 0.1) is 6.61 Å². The van der Waals surface area contributed by atoms with Crippen LogP contribution in [0.5, 0.6) is 0 Å². The number of aryl methyl sites for hydroxylation is 1. The van der Waals surface area contributed by atoms with Gasteiger partial charge in [0.1, 0.15) is 6.10 Å². The Morgan fingerprint density at radius 2 is 2.26 bits per heavy atom. The number of amides is 1. The highest BCUT2D eigenvalue weighted by Crippen LogP contribution is 2.13. The molecule has 1 aliphatic rings. The summed E-state index contributed by atoms with van der Waals surface area (Å²) in [5.74, 6) is 0.410. The quantitative estimate of drug-likeness (QED) is 0.883. The largest absolute Gasteiger partial charge is 0.366 e. The highest BCUT2D eigenvalue weighted by atomic mass is 16.5. The maximum atomic E-state index is 12.3. The zero-order valence-corrected chi connectivity index (χ0v) is 13.3. The molecule has 1 atom stereocenters. The molecule has 3 rings (SSSR count). The number of aromatic amines is 1. The molecule has 122 valence electrons. The van der Waals surface area contributed by atoms with E-state index >= 15 is 0 Å². The number of morpholine rings is 1. The summed E-state index contributed by atoms with van der Waals surface area (Å²) >= 11 is 0. The Morgan fingerprint density at radius 1 is 1.43 bits per heavy atom. The maximum absolute atomic E-state index is 12.3. The zero-order chi connectivity index (χ0) is 16.1. The van der Waals surface area contributed by atoms with Gasteiger partial charge < -0.3 is 10.1 Å². The van der Waals surface area contributed by atoms with E-state index in [2.05, 4.69) is 32.5 Å². The minimum absolute atomic E-state index is 0.142. The lowest BCUT2D eigenvalue weighted by Crippen LogP contribution is -2.47. The smallest absolute Gasteiger partial charge is 0.256 e. The van der Waals surface area contributed by atoms with Crippen LogP contribution < -0.4 is 5.32 Å². The van der Waals surface area contributed by atoms with Gasteiger partial charge in [0.25, 0.3) is 5.91 Å². The van der Waals surface area contributed by atoms with E-state index in [4.69, 9.17) is 4.74 Å². The van der Waals surface area contributed by atoms with Crippen molar-refractivity contribution < 1.29 is 9.53 Å². The van der Waals surface area contributed by atoms with Gasteiger partial charge in [-0.25, -0.2) is 0 Å². The molecule has 0 aliphatic carbocycles. The molecule has 0 saturated carbocycles. The molecule has 1 aliphatic heterocycles. The van der Waals surface area contributed by atoms with E-state index in [1.54, 1.807) is 0 Å². The molecular formula is C17H22N4O2. The molecule has 23 heavy (non-hydrogen) atoms. The average molecular weight is 314 g/mol. The third-order valence-electron chi connectivity index (χ3n) is 3.96. The predicted octanol–water partition coefficient (Wildman–Crippen LogP) is 1.81. The van der Waals surface area contributed by atoms with Crippen molar-refractivity contribution in [1.29, 1.82) is 0 Å². The summed E-state index contributed by atoms with van der Waals surface area (Å²) in [6.45, 7) is 4.85. The number of aromatic nitrogens is 2. The van der Waals surface area contributed by atoms with E-state index < -0.39 is 6.10 Å². The van der Waals surface area contributed by atoms with Gasteiger partial charge in [-0.15, -0.1) is 0 Å². The van der Waals surface area contributed by atoms with Crippen LogP contribution in [0.3, 0.4) is 0 Å². The van der Waals surface area contributed by atoms with E-state index in [0.29, 0.717) is 19.0 Å². The number of H-pyrrole nitrogens is 1. The Labute approximate surface area is 135 Å². The van der Waals surface area contributed by atoms with Gasteiger partial charge in [-0.1, -0.05) is 37.3 Å². The average Bonchev–Trinajstić information content (AvgIpc) is 3.03. The van der Waals surface area contributed by atoms with E-state index in [0.717, 1.165) is 25.2 Å². The molecule has 0 spiro atoms. The van der Waals surface area contributed by atoms with Crippen LogP contribution in [-0.4, -0.2) is 46.8 Å². The van der Waals surface area contributed by atoms with Gasteiger partial charge in [0.2, 0.25) is 0 Å². The predicted molar refractivity (Wildman–Crippen MR) is 88.1 cm³/mol. The number of nitrogens with one attached hydrogen (secondary N) is 2. The molecule has 0 unspecified atom stereocenters. The maximum Gasteiger partial charge on any atom is 0.256 e. The van der Waals surface area contributed by atoms with E-state index in [9.17, 15) is 4.79 Å². The number of carbonyl (C=O) groups excluding carboxylic acids is 1. The number of benzene rings is 1. The first-order valence-electron chi connectivity index (χ1n) is 7.97. The van der Waals surface area contributed by atoms with Crippen molar-refractivity contribution >= 4 is 11.7 Å². The lowest BCUT2D eigenvalue weighted by molar-refractivity contribution is -0.133. The van der Waals surface area contributed by atoms with Crippen LogP contribution in [0.2, 0.25) is 0 Å². The SMILES string of the molecule is CCc1cc(NC(=O)[C@H]2CN(Cc3ccccc3)CCO2)n[nH]1. The first kappa shape index (κ1) is 15.7. The van der Waals surface area contributed by atoms with E-state index in [1.807, 2.05) is 31.2 Å². The number of carbonyl (C=O) groups is 1. The fraction of sp³-hybridized carbons (Fsp3) is 0.412. The van der Waals surface area contributed by atoms with E-state index in [1.165, 1.54) is 5.56 Å². The second kappa shape index (κ2) is 7.39. The molecule has 2 heterocycles. The summed E-state index contributed by atoms with van der Waals surface area (Å²) in [4.78, 5) is 14.6. The van der Waals surface area contributed by atoms with Crippen molar-refractivity contribution in [3.8, 4) is 0 Å². The van der Waals surface area contributed by atoms with Crippen LogP contribution in [0.4, 0.5) is 5.82 Å². The van der Waals surface area contributed by atoms with Crippen LogP contribution in [0, 0.1) is 0 Å². The Kier molecular flexibility index (Phi) is 5.05. The lowest BCUT2D eigenvalue weighted by atomic mass is 10.2. The normalized spacial score (nSPS) is 18.7. The molecule has 1 aromatic heterocycles. The molecule has 2 aromatic rings. The number of anilines is 1. The van der Waals surface area contributed by atoms with Gasteiger partial charge in [-0.2, -0.15) is 5.10 Å². The van der Waals surface area contributed by atoms with Gasteiger partial charge in [-0.3, -0.25) is 14.8 Å². The second-order valence-corrected chi connectivity index (χ2v) is 5.70. The summed E-state index contributed by atoms with van der Waals surface area (Å²) in [5.41, 5.74) is 2.24. The lowest BCUT2D eigenvalue weighted by Gasteiger charge is -2.32. The topological polar surface area (TPSA) is 70.2 Å². The summed E-state index contributed by atoms with van der Waals surface area (Å²) in [7, 11) is 0. The summed E-state index contributed by atoms with van der Waals surface area (Å²) < 4.78 is 5.62. The molecule has 6 nitrogen and oxygen atoms in total. The molecule has 0 bridgehead atoms. The van der Waals surface area contributed by atoms with Crippen LogP contribution in [-0.2, 0) is 22.5 Å². The molecule has 2 N–H and O–H groups in total. The standard InChI is InChI=1S/C17H22N4O2/c1-2-14-10-16(20-19-14)18-17(22)15-12-21(8-9-23-15)11-13-6-4-3-5-7-13/h3-7,10,15H,2,8-9,11-12H2,1H3,(H2,18,19,20,22)/t15-/m1/s1. The Balaban J connectivity index is 1.56. The number of hydrogen-bond donors (Lipinski definition) is 2. The number of ether oxygens (including phenoxy) is 1. The molecule has 0 radical (unpaired) electrons. The molecular weight excluding hydrogens is 292 g/mol. The molecule has 1 saturated heterocycles. The van der Waals surface area contributed by atoms with Gasteiger partial charge in [-0.05, 0) is 12.0 Å². The third-order valence-corrected chi connectivity index (χ3v) is 3.96. The van der Waals surface area contributed by atoms with Crippen molar-refractivity contribution in [3.05, 3.63) is 47.7 Å². The van der Waals surface area contributed by atoms with Crippen LogP contribution in [0.1, 0.15) is 18.2 Å². The second-order valence-electron chi connectivity index (χ2n) is 5.70. The summed E-state index contributed by atoms with van der Waals surface area (Å²) in [6.07, 6.45) is 0.391. The molecule has 1 amide bonds. The minimum Gasteiger partial charge on any atom is -0.366 e. The molecule has 1 aromatic carbocycles. The zero-order valence-electron chi connectivity index (χ0n) is 13.3. The van der Waals surface area contributed by atoms with Gasteiger partial charge in [0, 0.05) is 31.4 Å².